The number of amides is 2. The number of aromatic amines is 1. The summed E-state index contributed by atoms with van der Waals surface area (Å²) < 4.78 is 0. The highest BCUT2D eigenvalue weighted by Crippen LogP contribution is 2.55. The van der Waals surface area contributed by atoms with Crippen LogP contribution in [0.4, 0.5) is 0 Å². The molecule has 0 spiro atoms. The van der Waals surface area contributed by atoms with E-state index < -0.39 is 6.04 Å². The van der Waals surface area contributed by atoms with Crippen LogP contribution < -0.4 is 10.6 Å². The number of aryl methyl sites for hydroxylation is 1. The van der Waals surface area contributed by atoms with Gasteiger partial charge in [0.2, 0.25) is 11.8 Å². The van der Waals surface area contributed by atoms with Crippen LogP contribution >= 0.6 is 0 Å². The standard InChI is InChI=1S/C30H35N3O2/c1-19-25(24-9-5-6-10-26(24)31-19)15-28(34)32-27(14-20-7-3-2-4-8-20)29(35)33-30-16-21-11-22(17-30)13-23(12-21)18-30/h2-10,21-23,27,31H,11-18H2,1H3,(H,32,34)(H,33,35)/t21?,22?,23?,27-,30?/m0/s1. The highest BCUT2D eigenvalue weighted by atomic mass is 16.2. The van der Waals surface area contributed by atoms with E-state index in [2.05, 4.69) is 15.6 Å². The van der Waals surface area contributed by atoms with E-state index in [0.29, 0.717) is 6.42 Å². The van der Waals surface area contributed by atoms with Crippen LogP contribution in [0, 0.1) is 24.7 Å². The number of rotatable bonds is 7. The molecule has 4 fully saturated rings. The Hall–Kier alpha value is -3.08. The summed E-state index contributed by atoms with van der Waals surface area (Å²) in [5.74, 6) is 2.13. The van der Waals surface area contributed by atoms with Crippen LogP contribution in [-0.4, -0.2) is 28.4 Å². The number of H-pyrrole nitrogens is 1. The third kappa shape index (κ3) is 4.49. The zero-order valence-electron chi connectivity index (χ0n) is 20.5. The summed E-state index contributed by atoms with van der Waals surface area (Å²) in [6.07, 6.45) is 8.07. The highest BCUT2D eigenvalue weighted by Gasteiger charge is 2.51. The first-order chi connectivity index (χ1) is 17.0. The molecule has 2 amide bonds. The van der Waals surface area contributed by atoms with Crippen LogP contribution in [-0.2, 0) is 22.4 Å². The molecule has 0 aliphatic heterocycles. The predicted octanol–water partition coefficient (Wildman–Crippen LogP) is 4.83. The van der Waals surface area contributed by atoms with Crippen LogP contribution in [0.1, 0.15) is 55.3 Å². The molecule has 4 bridgehead atoms. The molecule has 4 aliphatic carbocycles. The smallest absolute Gasteiger partial charge is 0.243 e. The Morgan fingerprint density at radius 3 is 2.26 bits per heavy atom. The SMILES string of the molecule is Cc1[nH]c2ccccc2c1CC(=O)N[C@@H](Cc1ccccc1)C(=O)NC12CC3CC(CC(C3)C1)C2. The average molecular weight is 470 g/mol. The number of carbonyl (C=O) groups excluding carboxylic acids is 2. The molecule has 182 valence electrons. The van der Waals surface area contributed by atoms with Gasteiger partial charge in [-0.1, -0.05) is 48.5 Å². The summed E-state index contributed by atoms with van der Waals surface area (Å²) in [5, 5.41) is 7.67. The van der Waals surface area contributed by atoms with E-state index in [-0.39, 0.29) is 23.8 Å². The number of para-hydroxylation sites is 1. The van der Waals surface area contributed by atoms with Crippen molar-refractivity contribution in [2.75, 3.05) is 0 Å². The number of carbonyl (C=O) groups is 2. The quantitative estimate of drug-likeness (QED) is 0.464. The molecule has 0 radical (unpaired) electrons. The first-order valence-corrected chi connectivity index (χ1v) is 13.2. The fourth-order valence-corrected chi connectivity index (χ4v) is 7.64. The van der Waals surface area contributed by atoms with Gasteiger partial charge < -0.3 is 15.6 Å². The Labute approximate surface area is 207 Å². The molecular formula is C30H35N3O2. The lowest BCUT2D eigenvalue weighted by Crippen LogP contribution is -2.63. The molecule has 5 nitrogen and oxygen atoms in total. The van der Waals surface area contributed by atoms with E-state index in [4.69, 9.17) is 0 Å². The van der Waals surface area contributed by atoms with E-state index in [0.717, 1.165) is 64.7 Å². The normalized spacial score (nSPS) is 27.6. The average Bonchev–Trinajstić information content (AvgIpc) is 3.13. The maximum Gasteiger partial charge on any atom is 0.243 e. The Kier molecular flexibility index (Phi) is 5.66. The van der Waals surface area contributed by atoms with Crippen molar-refractivity contribution in [1.29, 1.82) is 0 Å². The third-order valence-corrected chi connectivity index (χ3v) is 8.73. The van der Waals surface area contributed by atoms with Crippen LogP contribution in [0.25, 0.3) is 10.9 Å². The van der Waals surface area contributed by atoms with Crippen molar-refractivity contribution in [2.24, 2.45) is 17.8 Å². The van der Waals surface area contributed by atoms with Crippen molar-refractivity contribution < 1.29 is 9.59 Å². The second-order valence-corrected chi connectivity index (χ2v) is 11.4. The minimum absolute atomic E-state index is 0.0280. The van der Waals surface area contributed by atoms with Crippen molar-refractivity contribution in [1.82, 2.24) is 15.6 Å². The number of aromatic nitrogens is 1. The van der Waals surface area contributed by atoms with Gasteiger partial charge in [0, 0.05) is 28.6 Å². The molecule has 3 aromatic rings. The molecule has 0 saturated heterocycles. The second-order valence-electron chi connectivity index (χ2n) is 11.4. The Bertz CT molecular complexity index is 1210. The van der Waals surface area contributed by atoms with Gasteiger partial charge in [-0.3, -0.25) is 9.59 Å². The van der Waals surface area contributed by atoms with Crippen molar-refractivity contribution in [2.45, 2.75) is 69.9 Å². The fraction of sp³-hybridized carbons (Fsp3) is 0.467. The van der Waals surface area contributed by atoms with Gasteiger partial charge >= 0.3 is 0 Å². The lowest BCUT2D eigenvalue weighted by molar-refractivity contribution is -0.132. The molecule has 3 N–H and O–H groups in total. The van der Waals surface area contributed by atoms with Crippen LogP contribution in [0.2, 0.25) is 0 Å². The van der Waals surface area contributed by atoms with Crippen LogP contribution in [0.15, 0.2) is 54.6 Å². The monoisotopic (exact) mass is 469 g/mol. The number of hydrogen-bond donors (Lipinski definition) is 3. The molecule has 1 aromatic heterocycles. The summed E-state index contributed by atoms with van der Waals surface area (Å²) >= 11 is 0. The Balaban J connectivity index is 1.20. The number of fused-ring (bicyclic) bond motifs is 1. The van der Waals surface area contributed by atoms with Crippen molar-refractivity contribution in [3.8, 4) is 0 Å². The topological polar surface area (TPSA) is 74.0 Å². The van der Waals surface area contributed by atoms with Gasteiger partial charge in [0.15, 0.2) is 0 Å². The van der Waals surface area contributed by atoms with Gasteiger partial charge in [0.25, 0.3) is 0 Å². The van der Waals surface area contributed by atoms with Gasteiger partial charge in [-0.25, -0.2) is 0 Å². The summed E-state index contributed by atoms with van der Waals surface area (Å²) in [6.45, 7) is 2.00. The summed E-state index contributed by atoms with van der Waals surface area (Å²) in [6, 6.07) is 17.5. The van der Waals surface area contributed by atoms with Crippen molar-refractivity contribution in [3.05, 3.63) is 71.4 Å². The molecule has 1 atom stereocenters. The number of nitrogens with one attached hydrogen (secondary N) is 3. The molecule has 5 heteroatoms. The van der Waals surface area contributed by atoms with E-state index >= 15 is 0 Å². The van der Waals surface area contributed by atoms with Gasteiger partial charge in [-0.05, 0) is 80.4 Å². The number of benzene rings is 2. The van der Waals surface area contributed by atoms with Gasteiger partial charge in [0.05, 0.1) is 6.42 Å². The first-order valence-electron chi connectivity index (χ1n) is 13.2. The maximum absolute atomic E-state index is 13.7. The third-order valence-electron chi connectivity index (χ3n) is 8.73. The highest BCUT2D eigenvalue weighted by molar-refractivity contribution is 5.93. The second kappa shape index (κ2) is 8.85. The molecule has 4 saturated carbocycles. The summed E-state index contributed by atoms with van der Waals surface area (Å²) in [4.78, 5) is 30.4. The van der Waals surface area contributed by atoms with Gasteiger partial charge in [-0.2, -0.15) is 0 Å². The fourth-order valence-electron chi connectivity index (χ4n) is 7.64. The lowest BCUT2D eigenvalue weighted by atomic mass is 9.53. The van der Waals surface area contributed by atoms with E-state index in [9.17, 15) is 9.59 Å². The maximum atomic E-state index is 13.7. The Morgan fingerprint density at radius 2 is 1.57 bits per heavy atom. The van der Waals surface area contributed by atoms with E-state index in [1.54, 1.807) is 0 Å². The summed E-state index contributed by atoms with van der Waals surface area (Å²) in [7, 11) is 0. The molecular weight excluding hydrogens is 434 g/mol. The van der Waals surface area contributed by atoms with E-state index in [1.165, 1.54) is 19.3 Å². The predicted molar refractivity (Wildman–Crippen MR) is 138 cm³/mol. The van der Waals surface area contributed by atoms with Crippen LogP contribution in [0.5, 0.6) is 0 Å². The zero-order chi connectivity index (χ0) is 24.0. The minimum atomic E-state index is -0.580. The molecule has 7 rings (SSSR count). The van der Waals surface area contributed by atoms with Crippen LogP contribution in [0.3, 0.4) is 0 Å². The van der Waals surface area contributed by atoms with Crippen molar-refractivity contribution >= 4 is 22.7 Å². The number of hydrogen-bond acceptors (Lipinski definition) is 2. The molecule has 0 unspecified atom stereocenters. The van der Waals surface area contributed by atoms with Gasteiger partial charge in [0.1, 0.15) is 6.04 Å². The van der Waals surface area contributed by atoms with Crippen molar-refractivity contribution in [3.63, 3.8) is 0 Å². The molecule has 2 aromatic carbocycles. The van der Waals surface area contributed by atoms with E-state index in [1.807, 2.05) is 61.5 Å². The summed E-state index contributed by atoms with van der Waals surface area (Å²) in [5.41, 5.74) is 4.02. The largest absolute Gasteiger partial charge is 0.358 e. The minimum Gasteiger partial charge on any atom is -0.358 e. The molecule has 1 heterocycles. The first kappa shape index (κ1) is 22.4. The lowest BCUT2D eigenvalue weighted by Gasteiger charge is -2.57. The molecule has 4 aliphatic rings. The molecule has 35 heavy (non-hydrogen) atoms. The van der Waals surface area contributed by atoms with Gasteiger partial charge in [-0.15, -0.1) is 0 Å². The Morgan fingerprint density at radius 1 is 0.943 bits per heavy atom. The zero-order valence-corrected chi connectivity index (χ0v) is 20.5.